The number of halogens is 2. The molecule has 5 heteroatoms. The Morgan fingerprint density at radius 1 is 1.50 bits per heavy atom. The summed E-state index contributed by atoms with van der Waals surface area (Å²) in [4.78, 5) is 4.93. The molecule has 2 nitrogen and oxygen atoms in total. The Bertz CT molecular complexity index is 473. The van der Waals surface area contributed by atoms with Crippen LogP contribution in [0.3, 0.4) is 0 Å². The van der Waals surface area contributed by atoms with Crippen molar-refractivity contribution in [1.29, 1.82) is 0 Å². The van der Waals surface area contributed by atoms with Crippen molar-refractivity contribution in [2.24, 2.45) is 5.73 Å². The molecule has 0 aliphatic heterocycles. The predicted molar refractivity (Wildman–Crippen MR) is 66.8 cm³/mol. The molecular formula is C11H10BrFN2S. The Morgan fingerprint density at radius 3 is 2.94 bits per heavy atom. The van der Waals surface area contributed by atoms with Gasteiger partial charge in [-0.2, -0.15) is 0 Å². The number of nitrogens with zero attached hydrogens (tertiary/aromatic N) is 1. The monoisotopic (exact) mass is 300 g/mol. The smallest absolute Gasteiger partial charge is 0.127 e. The summed E-state index contributed by atoms with van der Waals surface area (Å²) in [7, 11) is 0. The second kappa shape index (κ2) is 5.03. The molecule has 1 aromatic carbocycles. The Balaban J connectivity index is 2.15. The molecule has 16 heavy (non-hydrogen) atoms. The molecule has 0 amide bonds. The SMILES string of the molecule is NC(Cc1ccc(Br)cc1F)c1cncs1. The van der Waals surface area contributed by atoms with Crippen molar-refractivity contribution in [3.63, 3.8) is 0 Å². The van der Waals surface area contributed by atoms with E-state index < -0.39 is 0 Å². The predicted octanol–water partition coefficient (Wildman–Crippen LogP) is 3.29. The van der Waals surface area contributed by atoms with Crippen LogP contribution in [0.2, 0.25) is 0 Å². The minimum Gasteiger partial charge on any atom is -0.323 e. The molecular weight excluding hydrogens is 291 g/mol. The lowest BCUT2D eigenvalue weighted by Crippen LogP contribution is -2.12. The number of benzene rings is 1. The van der Waals surface area contributed by atoms with Crippen molar-refractivity contribution in [2.45, 2.75) is 12.5 Å². The summed E-state index contributed by atoms with van der Waals surface area (Å²) >= 11 is 4.71. The van der Waals surface area contributed by atoms with Crippen molar-refractivity contribution < 1.29 is 4.39 Å². The first kappa shape index (κ1) is 11.7. The minimum absolute atomic E-state index is 0.192. The molecule has 0 saturated carbocycles. The van der Waals surface area contributed by atoms with E-state index in [1.807, 2.05) is 6.07 Å². The molecule has 0 aliphatic carbocycles. The fraction of sp³-hybridized carbons (Fsp3) is 0.182. The number of hydrogen-bond acceptors (Lipinski definition) is 3. The van der Waals surface area contributed by atoms with Gasteiger partial charge in [-0.15, -0.1) is 11.3 Å². The van der Waals surface area contributed by atoms with Gasteiger partial charge in [0.05, 0.1) is 5.51 Å². The molecule has 1 aromatic heterocycles. The lowest BCUT2D eigenvalue weighted by Gasteiger charge is -2.09. The molecule has 2 rings (SSSR count). The number of aromatic nitrogens is 1. The van der Waals surface area contributed by atoms with Crippen molar-refractivity contribution in [3.05, 3.63) is 50.6 Å². The molecule has 0 spiro atoms. The highest BCUT2D eigenvalue weighted by Crippen LogP contribution is 2.22. The quantitative estimate of drug-likeness (QED) is 0.945. The van der Waals surface area contributed by atoms with Gasteiger partial charge >= 0.3 is 0 Å². The molecule has 0 fully saturated rings. The maximum atomic E-state index is 13.6. The molecule has 1 atom stereocenters. The first-order valence-electron chi connectivity index (χ1n) is 4.74. The lowest BCUT2D eigenvalue weighted by molar-refractivity contribution is 0.594. The highest BCUT2D eigenvalue weighted by Gasteiger charge is 2.11. The number of nitrogens with two attached hydrogens (primary N) is 1. The third-order valence-corrected chi connectivity index (χ3v) is 3.67. The van der Waals surface area contributed by atoms with Crippen molar-refractivity contribution in [1.82, 2.24) is 4.98 Å². The average Bonchev–Trinajstić information content (AvgIpc) is 2.75. The van der Waals surface area contributed by atoms with Crippen molar-refractivity contribution in [2.75, 3.05) is 0 Å². The van der Waals surface area contributed by atoms with Gasteiger partial charge in [0.15, 0.2) is 0 Å². The summed E-state index contributed by atoms with van der Waals surface area (Å²) in [6, 6.07) is 4.83. The molecule has 1 unspecified atom stereocenters. The first-order valence-corrected chi connectivity index (χ1v) is 6.42. The zero-order valence-electron chi connectivity index (χ0n) is 8.36. The summed E-state index contributed by atoms with van der Waals surface area (Å²) in [5.74, 6) is -0.227. The number of rotatable bonds is 3. The second-order valence-corrected chi connectivity index (χ2v) is 5.28. The van der Waals surface area contributed by atoms with Crippen LogP contribution >= 0.6 is 27.3 Å². The van der Waals surface area contributed by atoms with Gasteiger partial charge in [0.25, 0.3) is 0 Å². The van der Waals surface area contributed by atoms with E-state index >= 15 is 0 Å². The summed E-state index contributed by atoms with van der Waals surface area (Å²) in [5, 5.41) is 0. The van der Waals surface area contributed by atoms with E-state index in [0.717, 1.165) is 9.35 Å². The van der Waals surface area contributed by atoms with Gasteiger partial charge in [-0.05, 0) is 24.1 Å². The van der Waals surface area contributed by atoms with Crippen LogP contribution in [0.15, 0.2) is 34.4 Å². The Morgan fingerprint density at radius 2 is 2.31 bits per heavy atom. The van der Waals surface area contributed by atoms with Gasteiger partial charge in [-0.1, -0.05) is 22.0 Å². The zero-order chi connectivity index (χ0) is 11.5. The van der Waals surface area contributed by atoms with Gasteiger partial charge in [0.2, 0.25) is 0 Å². The van der Waals surface area contributed by atoms with E-state index in [1.54, 1.807) is 17.8 Å². The Kier molecular flexibility index (Phi) is 3.68. The van der Waals surface area contributed by atoms with Crippen LogP contribution < -0.4 is 5.73 Å². The fourth-order valence-electron chi connectivity index (χ4n) is 1.43. The molecule has 1 heterocycles. The van der Waals surface area contributed by atoms with Gasteiger partial charge in [0.1, 0.15) is 5.82 Å². The topological polar surface area (TPSA) is 38.9 Å². The number of hydrogen-bond donors (Lipinski definition) is 1. The van der Waals surface area contributed by atoms with E-state index in [0.29, 0.717) is 12.0 Å². The molecule has 2 N–H and O–H groups in total. The fourth-order valence-corrected chi connectivity index (χ4v) is 2.39. The van der Waals surface area contributed by atoms with E-state index in [9.17, 15) is 4.39 Å². The van der Waals surface area contributed by atoms with Gasteiger partial charge in [-0.25, -0.2) is 4.39 Å². The van der Waals surface area contributed by atoms with Crippen LogP contribution in [0.1, 0.15) is 16.5 Å². The standard InChI is InChI=1S/C11H10BrFN2S/c12-8-2-1-7(9(13)4-8)3-10(14)11-5-15-6-16-11/h1-2,4-6,10H,3,14H2. The minimum atomic E-state index is -0.227. The third kappa shape index (κ3) is 2.66. The lowest BCUT2D eigenvalue weighted by atomic mass is 10.1. The average molecular weight is 301 g/mol. The maximum Gasteiger partial charge on any atom is 0.127 e. The van der Waals surface area contributed by atoms with Gasteiger partial charge in [0, 0.05) is 21.6 Å². The van der Waals surface area contributed by atoms with E-state index in [-0.39, 0.29) is 11.9 Å². The summed E-state index contributed by atoms with van der Waals surface area (Å²) in [6.07, 6.45) is 2.22. The van der Waals surface area contributed by atoms with Crippen LogP contribution in [0, 0.1) is 5.82 Å². The molecule has 84 valence electrons. The van der Waals surface area contributed by atoms with E-state index in [1.165, 1.54) is 17.4 Å². The molecule has 0 bridgehead atoms. The highest BCUT2D eigenvalue weighted by molar-refractivity contribution is 9.10. The Hall–Kier alpha value is -0.780. The zero-order valence-corrected chi connectivity index (χ0v) is 10.8. The third-order valence-electron chi connectivity index (χ3n) is 2.27. The molecule has 0 aliphatic rings. The number of thiazole rings is 1. The van der Waals surface area contributed by atoms with Crippen LogP contribution in [0.25, 0.3) is 0 Å². The molecule has 2 aromatic rings. The first-order chi connectivity index (χ1) is 7.66. The highest BCUT2D eigenvalue weighted by atomic mass is 79.9. The van der Waals surface area contributed by atoms with Crippen molar-refractivity contribution in [3.8, 4) is 0 Å². The summed E-state index contributed by atoms with van der Waals surface area (Å²) in [5.41, 5.74) is 8.33. The maximum absolute atomic E-state index is 13.6. The van der Waals surface area contributed by atoms with Crippen LogP contribution in [0.4, 0.5) is 4.39 Å². The molecule has 0 radical (unpaired) electrons. The summed E-state index contributed by atoms with van der Waals surface area (Å²) < 4.78 is 14.3. The van der Waals surface area contributed by atoms with Crippen LogP contribution in [-0.4, -0.2) is 4.98 Å². The van der Waals surface area contributed by atoms with E-state index in [2.05, 4.69) is 20.9 Å². The second-order valence-electron chi connectivity index (χ2n) is 3.45. The van der Waals surface area contributed by atoms with Crippen LogP contribution in [0.5, 0.6) is 0 Å². The van der Waals surface area contributed by atoms with E-state index in [4.69, 9.17) is 5.73 Å². The van der Waals surface area contributed by atoms with Gasteiger partial charge in [-0.3, -0.25) is 4.98 Å². The largest absolute Gasteiger partial charge is 0.323 e. The summed E-state index contributed by atoms with van der Waals surface area (Å²) in [6.45, 7) is 0. The van der Waals surface area contributed by atoms with Crippen LogP contribution in [-0.2, 0) is 6.42 Å². The van der Waals surface area contributed by atoms with Crippen molar-refractivity contribution >= 4 is 27.3 Å². The normalized spacial score (nSPS) is 12.7. The molecule has 0 saturated heterocycles. The van der Waals surface area contributed by atoms with Gasteiger partial charge < -0.3 is 5.73 Å². The Labute approximate surface area is 105 Å².